The second-order valence-corrected chi connectivity index (χ2v) is 7.73. The summed E-state index contributed by atoms with van der Waals surface area (Å²) in [6.07, 6.45) is 0.272. The second-order valence-electron chi connectivity index (χ2n) is 7.34. The number of carbonyl (C=O) groups excluding carboxylic acids is 1. The Morgan fingerprint density at radius 2 is 1.79 bits per heavy atom. The second kappa shape index (κ2) is 10.2. The van der Waals surface area contributed by atoms with Crippen molar-refractivity contribution in [3.8, 4) is 11.5 Å². The highest BCUT2D eigenvalue weighted by atomic mass is 32.1. The van der Waals surface area contributed by atoms with E-state index in [9.17, 15) is 4.79 Å². The first kappa shape index (κ1) is 21.8. The van der Waals surface area contributed by atoms with Gasteiger partial charge >= 0.3 is 0 Å². The number of amides is 1. The summed E-state index contributed by atoms with van der Waals surface area (Å²) >= 11 is 5.73. The quantitative estimate of drug-likeness (QED) is 0.651. The molecule has 2 atom stereocenters. The van der Waals surface area contributed by atoms with Crippen LogP contribution in [0.5, 0.6) is 11.5 Å². The van der Waals surface area contributed by atoms with Crippen LogP contribution in [0.3, 0.4) is 0 Å². The third-order valence-corrected chi connectivity index (χ3v) is 5.41. The highest BCUT2D eigenvalue weighted by Gasteiger charge is 2.25. The summed E-state index contributed by atoms with van der Waals surface area (Å²) in [6.45, 7) is 10.4. The van der Waals surface area contributed by atoms with Gasteiger partial charge in [-0.05, 0) is 39.0 Å². The summed E-state index contributed by atoms with van der Waals surface area (Å²) in [7, 11) is 0. The molecule has 8 heteroatoms. The van der Waals surface area contributed by atoms with Crippen molar-refractivity contribution in [1.82, 2.24) is 9.80 Å². The van der Waals surface area contributed by atoms with E-state index in [0.29, 0.717) is 44.4 Å². The van der Waals surface area contributed by atoms with Crippen molar-refractivity contribution in [3.63, 3.8) is 0 Å². The van der Waals surface area contributed by atoms with Crippen molar-refractivity contribution in [1.29, 1.82) is 0 Å². The molecule has 7 nitrogen and oxygen atoms in total. The number of hydrogen-bond acceptors (Lipinski definition) is 6. The van der Waals surface area contributed by atoms with Gasteiger partial charge < -0.3 is 28.7 Å². The Kier molecular flexibility index (Phi) is 7.69. The lowest BCUT2D eigenvalue weighted by Gasteiger charge is -2.37. The van der Waals surface area contributed by atoms with Gasteiger partial charge in [-0.25, -0.2) is 0 Å². The number of nitrogens with zero attached hydrogens (tertiary/aromatic N) is 2. The van der Waals surface area contributed by atoms with Crippen LogP contribution >= 0.6 is 12.2 Å². The number of carbonyl (C=O) groups is 1. The average Bonchev–Trinajstić information content (AvgIpc) is 2.72. The van der Waals surface area contributed by atoms with Gasteiger partial charge in [0.1, 0.15) is 4.99 Å². The van der Waals surface area contributed by atoms with Gasteiger partial charge in [0.15, 0.2) is 18.1 Å². The number of thiocarbonyl (C=S) groups is 1. The van der Waals surface area contributed by atoms with E-state index < -0.39 is 0 Å². The largest absolute Gasteiger partial charge is 0.490 e. The number of ether oxygens (including phenoxy) is 4. The van der Waals surface area contributed by atoms with Crippen LogP contribution in [0.4, 0.5) is 0 Å². The molecule has 0 aromatic heterocycles. The number of rotatable bonds is 6. The molecule has 0 N–H and O–H groups in total. The molecule has 1 aromatic rings. The number of hydrogen-bond donors (Lipinski definition) is 0. The van der Waals surface area contributed by atoms with E-state index in [4.69, 9.17) is 31.2 Å². The van der Waals surface area contributed by atoms with E-state index in [0.717, 1.165) is 23.6 Å². The summed E-state index contributed by atoms with van der Waals surface area (Å²) in [5.74, 6) is 1.09. The predicted molar refractivity (Wildman–Crippen MR) is 114 cm³/mol. The molecule has 0 aliphatic carbocycles. The molecule has 1 amide bonds. The van der Waals surface area contributed by atoms with Gasteiger partial charge in [0.2, 0.25) is 0 Å². The standard InChI is InChI=1S/C21H30N2O5S/c1-4-26-19-11-17(21(29)23-12-15(2)28-16(3)13-23)5-6-18(19)27-14-20(24)22-7-9-25-10-8-22/h5-6,11,15-16H,4,7-10,12-14H2,1-3H3/t15-,16+. The van der Waals surface area contributed by atoms with Crippen LogP contribution in [0.1, 0.15) is 26.3 Å². The van der Waals surface area contributed by atoms with Crippen LogP contribution in [0.15, 0.2) is 18.2 Å². The van der Waals surface area contributed by atoms with Crippen LogP contribution in [0.2, 0.25) is 0 Å². The van der Waals surface area contributed by atoms with E-state index in [-0.39, 0.29) is 24.7 Å². The van der Waals surface area contributed by atoms with Crippen molar-refractivity contribution >= 4 is 23.1 Å². The zero-order valence-corrected chi connectivity index (χ0v) is 18.2. The SMILES string of the molecule is CCOc1cc(C(=S)N2C[C@@H](C)O[C@@H](C)C2)ccc1OCC(=O)N1CCOCC1. The fourth-order valence-corrected chi connectivity index (χ4v) is 3.87. The van der Waals surface area contributed by atoms with E-state index in [1.54, 1.807) is 4.90 Å². The van der Waals surface area contributed by atoms with Gasteiger partial charge in [0.25, 0.3) is 5.91 Å². The Morgan fingerprint density at radius 1 is 1.10 bits per heavy atom. The fraction of sp³-hybridized carbons (Fsp3) is 0.619. The van der Waals surface area contributed by atoms with Gasteiger partial charge in [-0.3, -0.25) is 4.79 Å². The van der Waals surface area contributed by atoms with Crippen LogP contribution in [-0.4, -0.2) is 85.5 Å². The normalized spacial score (nSPS) is 22.3. The lowest BCUT2D eigenvalue weighted by Crippen LogP contribution is -2.47. The Balaban J connectivity index is 1.67. The molecular formula is C21H30N2O5S. The summed E-state index contributed by atoms with van der Waals surface area (Å²) in [5.41, 5.74) is 0.900. The minimum Gasteiger partial charge on any atom is -0.490 e. The van der Waals surface area contributed by atoms with E-state index in [2.05, 4.69) is 18.7 Å². The Hall–Kier alpha value is -1.90. The van der Waals surface area contributed by atoms with Crippen molar-refractivity contribution in [3.05, 3.63) is 23.8 Å². The van der Waals surface area contributed by atoms with Crippen LogP contribution in [-0.2, 0) is 14.3 Å². The molecule has 0 unspecified atom stereocenters. The maximum atomic E-state index is 12.3. The summed E-state index contributed by atoms with van der Waals surface area (Å²) in [6, 6.07) is 5.64. The molecule has 3 rings (SSSR count). The van der Waals surface area contributed by atoms with E-state index in [1.165, 1.54) is 0 Å². The van der Waals surface area contributed by atoms with E-state index >= 15 is 0 Å². The molecule has 0 radical (unpaired) electrons. The molecule has 2 heterocycles. The van der Waals surface area contributed by atoms with Crippen molar-refractivity contribution in [2.45, 2.75) is 33.0 Å². The molecule has 1 aromatic carbocycles. The lowest BCUT2D eigenvalue weighted by molar-refractivity contribution is -0.137. The number of benzene rings is 1. The van der Waals surface area contributed by atoms with E-state index in [1.807, 2.05) is 25.1 Å². The fourth-order valence-electron chi connectivity index (χ4n) is 3.60. The van der Waals surface area contributed by atoms with Crippen LogP contribution in [0, 0.1) is 0 Å². The Morgan fingerprint density at radius 3 is 2.45 bits per heavy atom. The Bertz CT molecular complexity index is 713. The van der Waals surface area contributed by atoms with Crippen molar-refractivity contribution < 1.29 is 23.7 Å². The first-order valence-electron chi connectivity index (χ1n) is 10.2. The van der Waals surface area contributed by atoms with Gasteiger partial charge in [-0.15, -0.1) is 0 Å². The molecular weight excluding hydrogens is 392 g/mol. The molecule has 0 saturated carbocycles. The van der Waals surface area contributed by atoms with Gasteiger partial charge in [-0.1, -0.05) is 12.2 Å². The topological polar surface area (TPSA) is 60.5 Å². The van der Waals surface area contributed by atoms with Gasteiger partial charge in [-0.2, -0.15) is 0 Å². The number of morpholine rings is 2. The van der Waals surface area contributed by atoms with Crippen LogP contribution in [0.25, 0.3) is 0 Å². The molecule has 2 aliphatic rings. The maximum absolute atomic E-state index is 12.3. The minimum atomic E-state index is -0.0494. The summed E-state index contributed by atoms with van der Waals surface area (Å²) in [5, 5.41) is 0. The molecule has 2 aliphatic heterocycles. The van der Waals surface area contributed by atoms with Gasteiger partial charge in [0.05, 0.1) is 32.0 Å². The molecule has 0 bridgehead atoms. The zero-order chi connectivity index (χ0) is 20.8. The predicted octanol–water partition coefficient (Wildman–Crippen LogP) is 2.11. The third-order valence-electron chi connectivity index (χ3n) is 4.91. The average molecular weight is 423 g/mol. The highest BCUT2D eigenvalue weighted by molar-refractivity contribution is 7.80. The summed E-state index contributed by atoms with van der Waals surface area (Å²) < 4.78 is 22.6. The minimum absolute atomic E-state index is 0.0254. The molecule has 160 valence electrons. The lowest BCUT2D eigenvalue weighted by atomic mass is 10.1. The smallest absolute Gasteiger partial charge is 0.260 e. The van der Waals surface area contributed by atoms with Crippen molar-refractivity contribution in [2.24, 2.45) is 0 Å². The summed E-state index contributed by atoms with van der Waals surface area (Å²) in [4.78, 5) is 17.0. The first-order valence-corrected chi connectivity index (χ1v) is 10.6. The maximum Gasteiger partial charge on any atom is 0.260 e. The van der Waals surface area contributed by atoms with Crippen LogP contribution < -0.4 is 9.47 Å². The monoisotopic (exact) mass is 422 g/mol. The molecule has 2 saturated heterocycles. The molecule has 0 spiro atoms. The Labute approximate surface area is 177 Å². The first-order chi connectivity index (χ1) is 14.0. The zero-order valence-electron chi connectivity index (χ0n) is 17.4. The molecule has 29 heavy (non-hydrogen) atoms. The van der Waals surface area contributed by atoms with Crippen molar-refractivity contribution in [2.75, 3.05) is 52.6 Å². The third kappa shape index (κ3) is 5.81. The van der Waals surface area contributed by atoms with Gasteiger partial charge in [0, 0.05) is 31.7 Å². The highest BCUT2D eigenvalue weighted by Crippen LogP contribution is 2.30. The molecule has 2 fully saturated rings.